The lowest BCUT2D eigenvalue weighted by atomic mass is 10.1. The lowest BCUT2D eigenvalue weighted by molar-refractivity contribution is -0.139. The van der Waals surface area contributed by atoms with Crippen molar-refractivity contribution in [1.29, 1.82) is 0 Å². The molecule has 1 heterocycles. The zero-order valence-corrected chi connectivity index (χ0v) is 13.1. The number of aliphatic carboxylic acids is 1. The minimum Gasteiger partial charge on any atom is -0.480 e. The minimum atomic E-state index is -4.09. The van der Waals surface area contributed by atoms with Crippen molar-refractivity contribution in [2.45, 2.75) is 43.5 Å². The fourth-order valence-corrected chi connectivity index (χ4v) is 3.58. The quantitative estimate of drug-likeness (QED) is 0.585. The third kappa shape index (κ3) is 5.36. The summed E-state index contributed by atoms with van der Waals surface area (Å²) in [4.78, 5) is 21.9. The van der Waals surface area contributed by atoms with Crippen LogP contribution in [0.25, 0.3) is 0 Å². The van der Waals surface area contributed by atoms with E-state index in [1.807, 2.05) is 6.92 Å². The maximum absolute atomic E-state index is 12.0. The van der Waals surface area contributed by atoms with Crippen molar-refractivity contribution in [3.05, 3.63) is 0 Å². The Balaban J connectivity index is 2.86. The highest BCUT2D eigenvalue weighted by atomic mass is 32.2. The van der Waals surface area contributed by atoms with Gasteiger partial charge in [-0.25, -0.2) is 8.42 Å². The molecule has 0 fully saturated rings. The number of anilines is 1. The van der Waals surface area contributed by atoms with Gasteiger partial charge in [0, 0.05) is 6.92 Å². The number of nitrogens with one attached hydrogen (secondary N) is 2. The van der Waals surface area contributed by atoms with Crippen LogP contribution in [0.15, 0.2) is 4.34 Å². The number of hydrogen-bond acceptors (Lipinski definition) is 7. The summed E-state index contributed by atoms with van der Waals surface area (Å²) in [5.41, 5.74) is 0. The number of nitrogens with zero attached hydrogens (tertiary/aromatic N) is 2. The fraction of sp³-hybridized carbons (Fsp3) is 0.600. The summed E-state index contributed by atoms with van der Waals surface area (Å²) in [5, 5.41) is 18.3. The molecule has 0 radical (unpaired) electrons. The van der Waals surface area contributed by atoms with E-state index in [4.69, 9.17) is 5.11 Å². The van der Waals surface area contributed by atoms with Gasteiger partial charge < -0.3 is 10.4 Å². The highest BCUT2D eigenvalue weighted by Crippen LogP contribution is 2.20. The van der Waals surface area contributed by atoms with Crippen molar-refractivity contribution in [1.82, 2.24) is 14.9 Å². The van der Waals surface area contributed by atoms with Crippen LogP contribution in [0.3, 0.4) is 0 Å². The smallest absolute Gasteiger partial charge is 0.321 e. The summed E-state index contributed by atoms with van der Waals surface area (Å²) in [6, 6.07) is -1.22. The molecule has 21 heavy (non-hydrogen) atoms. The van der Waals surface area contributed by atoms with Crippen LogP contribution < -0.4 is 10.0 Å². The predicted octanol–water partition coefficient (Wildman–Crippen LogP) is 0.418. The van der Waals surface area contributed by atoms with Crippen LogP contribution in [-0.4, -0.2) is 41.6 Å². The van der Waals surface area contributed by atoms with Crippen LogP contribution in [0.4, 0.5) is 5.13 Å². The number of rotatable bonds is 8. The summed E-state index contributed by atoms with van der Waals surface area (Å²) < 4.78 is 25.7. The van der Waals surface area contributed by atoms with E-state index in [2.05, 4.69) is 20.2 Å². The molecule has 118 valence electrons. The molecule has 1 rings (SSSR count). The Morgan fingerprint density at radius 2 is 2.05 bits per heavy atom. The highest BCUT2D eigenvalue weighted by molar-refractivity contribution is 7.91. The second-order valence-electron chi connectivity index (χ2n) is 4.21. The summed E-state index contributed by atoms with van der Waals surface area (Å²) >= 11 is 0.648. The largest absolute Gasteiger partial charge is 0.480 e. The molecule has 1 atom stereocenters. The molecule has 1 aromatic rings. The molecule has 1 unspecified atom stereocenters. The van der Waals surface area contributed by atoms with E-state index in [9.17, 15) is 18.0 Å². The van der Waals surface area contributed by atoms with Crippen molar-refractivity contribution in [3.63, 3.8) is 0 Å². The van der Waals surface area contributed by atoms with Gasteiger partial charge in [0.1, 0.15) is 6.04 Å². The van der Waals surface area contributed by atoms with E-state index in [-0.39, 0.29) is 11.6 Å². The summed E-state index contributed by atoms with van der Waals surface area (Å²) in [5.74, 6) is -1.66. The first-order valence-corrected chi connectivity index (χ1v) is 8.42. The monoisotopic (exact) mass is 336 g/mol. The van der Waals surface area contributed by atoms with Crippen LogP contribution >= 0.6 is 11.3 Å². The van der Waals surface area contributed by atoms with Gasteiger partial charge in [-0.3, -0.25) is 9.59 Å². The minimum absolute atomic E-state index is 0.0308. The van der Waals surface area contributed by atoms with Gasteiger partial charge in [0.05, 0.1) is 0 Å². The van der Waals surface area contributed by atoms with Gasteiger partial charge in [-0.15, -0.1) is 10.2 Å². The molecule has 0 saturated carbocycles. The van der Waals surface area contributed by atoms with Gasteiger partial charge in [-0.05, 0) is 6.42 Å². The van der Waals surface area contributed by atoms with Crippen molar-refractivity contribution in [3.8, 4) is 0 Å². The van der Waals surface area contributed by atoms with Crippen LogP contribution in [0.5, 0.6) is 0 Å². The normalized spacial score (nSPS) is 12.9. The molecule has 1 aromatic heterocycles. The molecule has 11 heteroatoms. The second-order valence-corrected chi connectivity index (χ2v) is 7.07. The third-order valence-corrected chi connectivity index (χ3v) is 5.04. The number of amides is 1. The number of carbonyl (C=O) groups is 2. The van der Waals surface area contributed by atoms with Gasteiger partial charge >= 0.3 is 5.97 Å². The maximum Gasteiger partial charge on any atom is 0.321 e. The Morgan fingerprint density at radius 1 is 1.38 bits per heavy atom. The molecule has 0 spiro atoms. The van der Waals surface area contributed by atoms with Crippen molar-refractivity contribution in [2.75, 3.05) is 5.32 Å². The lowest BCUT2D eigenvalue weighted by Crippen LogP contribution is -2.40. The molecule has 0 aliphatic rings. The molecule has 9 nitrogen and oxygen atoms in total. The summed E-state index contributed by atoms with van der Waals surface area (Å²) in [6.45, 7) is 3.12. The van der Waals surface area contributed by atoms with E-state index >= 15 is 0 Å². The average Bonchev–Trinajstić information content (AvgIpc) is 2.82. The first-order chi connectivity index (χ1) is 9.76. The Kier molecular flexibility index (Phi) is 6.18. The topological polar surface area (TPSA) is 138 Å². The number of unbranched alkanes of at least 4 members (excludes halogenated alkanes) is 1. The van der Waals surface area contributed by atoms with Crippen LogP contribution in [0.1, 0.15) is 33.1 Å². The lowest BCUT2D eigenvalue weighted by Gasteiger charge is -2.12. The van der Waals surface area contributed by atoms with Gasteiger partial charge in [-0.2, -0.15) is 4.72 Å². The molecule has 3 N–H and O–H groups in total. The molecular formula is C10H16N4O5S2. The van der Waals surface area contributed by atoms with Gasteiger partial charge in [-0.1, -0.05) is 31.1 Å². The number of hydrogen-bond donors (Lipinski definition) is 3. The van der Waals surface area contributed by atoms with Gasteiger partial charge in [0.15, 0.2) is 0 Å². The summed E-state index contributed by atoms with van der Waals surface area (Å²) in [6.07, 6.45) is 1.51. The predicted molar refractivity (Wildman–Crippen MR) is 75.5 cm³/mol. The molecule has 0 bridgehead atoms. The van der Waals surface area contributed by atoms with Gasteiger partial charge in [0.25, 0.3) is 10.0 Å². The molecule has 0 saturated heterocycles. The zero-order valence-electron chi connectivity index (χ0n) is 11.5. The Morgan fingerprint density at radius 3 is 2.57 bits per heavy atom. The first-order valence-electron chi connectivity index (χ1n) is 6.12. The van der Waals surface area contributed by atoms with E-state index in [0.29, 0.717) is 17.8 Å². The standard InChI is InChI=1S/C10H16N4O5S2/c1-3-4-5-7(8(16)17)14-21(18,19)10-13-12-9(20-10)11-6(2)15/h7,14H,3-5H2,1-2H3,(H,16,17)(H,11,12,15). The van der Waals surface area contributed by atoms with Crippen LogP contribution in [-0.2, 0) is 19.6 Å². The Labute approximate surface area is 125 Å². The average molecular weight is 336 g/mol. The van der Waals surface area contributed by atoms with Gasteiger partial charge in [0.2, 0.25) is 15.4 Å². The number of sulfonamides is 1. The summed E-state index contributed by atoms with van der Waals surface area (Å²) in [7, 11) is -4.09. The van der Waals surface area contributed by atoms with Crippen molar-refractivity contribution < 1.29 is 23.1 Å². The fourth-order valence-electron chi connectivity index (χ4n) is 1.40. The second kappa shape index (κ2) is 7.43. The SMILES string of the molecule is CCCCC(NS(=O)(=O)c1nnc(NC(C)=O)s1)C(=O)O. The molecule has 0 aliphatic heterocycles. The van der Waals surface area contributed by atoms with Crippen molar-refractivity contribution >= 4 is 38.4 Å². The van der Waals surface area contributed by atoms with Crippen LogP contribution in [0.2, 0.25) is 0 Å². The van der Waals surface area contributed by atoms with Crippen molar-refractivity contribution in [2.24, 2.45) is 0 Å². The van der Waals surface area contributed by atoms with E-state index in [1.54, 1.807) is 0 Å². The van der Waals surface area contributed by atoms with E-state index in [0.717, 1.165) is 6.42 Å². The highest BCUT2D eigenvalue weighted by Gasteiger charge is 2.28. The molecule has 0 aliphatic carbocycles. The molecule has 1 amide bonds. The maximum atomic E-state index is 12.0. The zero-order chi connectivity index (χ0) is 16.0. The number of carbonyl (C=O) groups excluding carboxylic acids is 1. The van der Waals surface area contributed by atoms with Crippen LogP contribution in [0, 0.1) is 0 Å². The Bertz CT molecular complexity index is 613. The molecular weight excluding hydrogens is 320 g/mol. The Hall–Kier alpha value is -1.59. The third-order valence-electron chi connectivity index (χ3n) is 2.36. The molecule has 0 aromatic carbocycles. The number of carboxylic acid groups (broad SMARTS) is 1. The number of aromatic nitrogens is 2. The van der Waals surface area contributed by atoms with E-state index in [1.165, 1.54) is 6.92 Å². The first kappa shape index (κ1) is 17.5. The van der Waals surface area contributed by atoms with E-state index < -0.39 is 32.3 Å². The number of carboxylic acids is 1.